The number of pyridine rings is 1. The Bertz CT molecular complexity index is 1800. The van der Waals surface area contributed by atoms with Gasteiger partial charge >= 0.3 is 18.0 Å². The lowest BCUT2D eigenvalue weighted by atomic mass is 10.0. The summed E-state index contributed by atoms with van der Waals surface area (Å²) in [6.07, 6.45) is -11.8. The number of piperazine rings is 1. The fraction of sp³-hybridized carbons (Fsp3) is 0.407. The Balaban J connectivity index is 0.00000500. The Morgan fingerprint density at radius 2 is 1.79 bits per heavy atom. The minimum Gasteiger partial charge on any atom is -0.382 e. The molecule has 12 nitrogen and oxygen atoms in total. The number of rotatable bonds is 7. The monoisotopic (exact) mass is 709 g/mol. The lowest BCUT2D eigenvalue weighted by molar-refractivity contribution is -0.207. The molecular weight excluding hydrogens is 683 g/mol. The number of carbonyl (C=O) groups excluding carboxylic acids is 1. The molecule has 0 saturated carbocycles. The van der Waals surface area contributed by atoms with Gasteiger partial charge < -0.3 is 15.3 Å². The highest BCUT2D eigenvalue weighted by Crippen LogP contribution is 2.33. The molecule has 0 spiro atoms. The van der Waals surface area contributed by atoms with E-state index in [1.54, 1.807) is 0 Å². The molecule has 47 heavy (non-hydrogen) atoms. The van der Waals surface area contributed by atoms with E-state index in [9.17, 15) is 41.0 Å². The second kappa shape index (κ2) is 13.2. The van der Waals surface area contributed by atoms with E-state index in [0.29, 0.717) is 25.5 Å². The van der Waals surface area contributed by atoms with Crippen LogP contribution in [-0.2, 0) is 19.3 Å². The first-order chi connectivity index (χ1) is 21.4. The van der Waals surface area contributed by atoms with Crippen LogP contribution in [0.2, 0.25) is 5.02 Å². The summed E-state index contributed by atoms with van der Waals surface area (Å²) < 4.78 is 83.6. The molecule has 1 saturated heterocycles. The third kappa shape index (κ3) is 7.77. The van der Waals surface area contributed by atoms with Crippen molar-refractivity contribution in [3.63, 3.8) is 0 Å². The van der Waals surface area contributed by atoms with Gasteiger partial charge in [-0.15, -0.1) is 22.6 Å². The van der Waals surface area contributed by atoms with Crippen molar-refractivity contribution in [2.45, 2.75) is 50.9 Å². The molecule has 254 valence electrons. The number of aromatic nitrogens is 7. The van der Waals surface area contributed by atoms with Crippen molar-refractivity contribution in [3.05, 3.63) is 75.3 Å². The van der Waals surface area contributed by atoms with Crippen LogP contribution < -0.4 is 11.0 Å². The number of halogens is 8. The van der Waals surface area contributed by atoms with Gasteiger partial charge in [0, 0.05) is 42.0 Å². The van der Waals surface area contributed by atoms with Gasteiger partial charge in [-0.1, -0.05) is 11.6 Å². The first-order valence-corrected chi connectivity index (χ1v) is 14.0. The summed E-state index contributed by atoms with van der Waals surface area (Å²) in [6, 6.07) is 7.42. The topological polar surface area (TPSA) is 136 Å². The first kappa shape index (κ1) is 35.8. The van der Waals surface area contributed by atoms with Crippen molar-refractivity contribution in [3.8, 4) is 17.2 Å². The van der Waals surface area contributed by atoms with Crippen LogP contribution in [0.3, 0.4) is 0 Å². The van der Waals surface area contributed by atoms with Crippen LogP contribution in [-0.4, -0.2) is 87.5 Å². The fourth-order valence-corrected chi connectivity index (χ4v) is 5.01. The van der Waals surface area contributed by atoms with Crippen molar-refractivity contribution in [2.24, 2.45) is 0 Å². The van der Waals surface area contributed by atoms with Gasteiger partial charge in [0.1, 0.15) is 12.1 Å². The van der Waals surface area contributed by atoms with Gasteiger partial charge in [0.05, 0.1) is 6.54 Å². The minimum atomic E-state index is -5.06. The fourth-order valence-electron chi connectivity index (χ4n) is 4.88. The zero-order chi connectivity index (χ0) is 33.6. The number of aliphatic hydroxyl groups excluding tert-OH is 1. The molecule has 1 aliphatic rings. The number of amides is 1. The summed E-state index contributed by atoms with van der Waals surface area (Å²) in [5, 5.41) is 21.5. The van der Waals surface area contributed by atoms with Crippen LogP contribution in [0, 0.1) is 0 Å². The number of aliphatic hydroxyl groups is 1. The average molecular weight is 710 g/mol. The normalized spacial score (nSPS) is 15.7. The first-order valence-electron chi connectivity index (χ1n) is 13.7. The molecule has 0 bridgehead atoms. The van der Waals surface area contributed by atoms with Crippen LogP contribution in [0.1, 0.15) is 35.9 Å². The Labute approximate surface area is 273 Å². The second-order valence-corrected chi connectivity index (χ2v) is 11.5. The van der Waals surface area contributed by atoms with Gasteiger partial charge in [-0.25, -0.2) is 19.4 Å². The molecule has 1 unspecified atom stereocenters. The summed E-state index contributed by atoms with van der Waals surface area (Å²) >= 11 is 5.92. The summed E-state index contributed by atoms with van der Waals surface area (Å²) in [5.74, 6) is -2.68. The van der Waals surface area contributed by atoms with Gasteiger partial charge in [-0.3, -0.25) is 9.36 Å². The molecule has 1 aromatic carbocycles. The quantitative estimate of drug-likeness (QED) is 0.278. The minimum absolute atomic E-state index is 0. The van der Waals surface area contributed by atoms with Crippen LogP contribution in [0.4, 0.5) is 26.3 Å². The zero-order valence-corrected chi connectivity index (χ0v) is 26.1. The number of nitrogens with one attached hydrogen (secondary N) is 1. The molecule has 0 aliphatic carbocycles. The van der Waals surface area contributed by atoms with Gasteiger partial charge in [0.15, 0.2) is 23.6 Å². The molecule has 4 aromatic rings. The van der Waals surface area contributed by atoms with Crippen LogP contribution in [0.25, 0.3) is 17.2 Å². The van der Waals surface area contributed by atoms with Crippen LogP contribution in [0.15, 0.2) is 47.4 Å². The summed E-state index contributed by atoms with van der Waals surface area (Å²) in [7, 11) is 0. The van der Waals surface area contributed by atoms with E-state index in [0.717, 1.165) is 18.3 Å². The number of benzene rings is 1. The molecule has 0 radical (unpaired) electrons. The SMILES string of the molecule is CC1(C)CN(C(=O)c2nc(Cn3nc(-c4ccc(Cl)cc4)n(CC(O)C(F)(F)F)c3=O)nn2-c2ncccc2C(F)(F)F)CCN1.Cl. The number of nitrogens with zero attached hydrogens (tertiary/aromatic N) is 8. The van der Waals surface area contributed by atoms with E-state index < -0.39 is 65.9 Å². The third-order valence-corrected chi connectivity index (χ3v) is 7.30. The van der Waals surface area contributed by atoms with Crippen molar-refractivity contribution in [2.75, 3.05) is 19.6 Å². The molecule has 1 fully saturated rings. The molecule has 4 heterocycles. The summed E-state index contributed by atoms with van der Waals surface area (Å²) in [4.78, 5) is 36.4. The van der Waals surface area contributed by atoms with Crippen LogP contribution in [0.5, 0.6) is 0 Å². The largest absolute Gasteiger partial charge is 0.420 e. The predicted molar refractivity (Wildman–Crippen MR) is 157 cm³/mol. The predicted octanol–water partition coefficient (Wildman–Crippen LogP) is 3.58. The maximum Gasteiger partial charge on any atom is 0.420 e. The lowest BCUT2D eigenvalue weighted by Gasteiger charge is -2.38. The Morgan fingerprint density at radius 3 is 2.40 bits per heavy atom. The second-order valence-electron chi connectivity index (χ2n) is 11.1. The third-order valence-electron chi connectivity index (χ3n) is 7.04. The van der Waals surface area contributed by atoms with Crippen LogP contribution >= 0.6 is 24.0 Å². The Hall–Kier alpha value is -4.00. The standard InChI is InChI=1S/C27H26ClF6N9O3.ClH/c1-25(2)14-40(11-10-36-25)23(45)22-37-19(38-43(22)21-17(26(29,30)31)4-3-9-35-21)13-42-24(46)41(12-18(44)27(32,33)34)20(39-42)15-5-7-16(28)8-6-15;/h3-9,18,36,44H,10-14H2,1-2H3;1H. The van der Waals surface area contributed by atoms with Gasteiger partial charge in [-0.05, 0) is 50.2 Å². The molecule has 20 heteroatoms. The molecule has 1 aliphatic heterocycles. The number of hydrogen-bond donors (Lipinski definition) is 2. The molecule has 1 atom stereocenters. The molecule has 2 N–H and O–H groups in total. The average Bonchev–Trinajstić information content (AvgIpc) is 3.53. The number of hydrogen-bond acceptors (Lipinski definition) is 8. The summed E-state index contributed by atoms with van der Waals surface area (Å²) in [5.41, 5.74) is -2.68. The Kier molecular flexibility index (Phi) is 10.1. The van der Waals surface area contributed by atoms with Gasteiger partial charge in [0.2, 0.25) is 5.82 Å². The highest BCUT2D eigenvalue weighted by Gasteiger charge is 2.40. The van der Waals surface area contributed by atoms with Crippen molar-refractivity contribution >= 4 is 29.9 Å². The number of carbonyl (C=O) groups is 1. The molecule has 5 rings (SSSR count). The Morgan fingerprint density at radius 1 is 1.11 bits per heavy atom. The lowest BCUT2D eigenvalue weighted by Crippen LogP contribution is -2.58. The highest BCUT2D eigenvalue weighted by atomic mass is 35.5. The van der Waals surface area contributed by atoms with E-state index in [1.807, 2.05) is 13.8 Å². The van der Waals surface area contributed by atoms with Gasteiger partial charge in [-0.2, -0.15) is 31.0 Å². The smallest absolute Gasteiger partial charge is 0.382 e. The molecule has 3 aromatic heterocycles. The maximum atomic E-state index is 14.0. The molecule has 1 amide bonds. The van der Waals surface area contributed by atoms with E-state index in [4.69, 9.17) is 11.6 Å². The van der Waals surface area contributed by atoms with E-state index in [1.165, 1.54) is 29.2 Å². The van der Waals surface area contributed by atoms with E-state index >= 15 is 0 Å². The van der Waals surface area contributed by atoms with E-state index in [-0.39, 0.29) is 42.7 Å². The molecular formula is C27H27Cl2F6N9O3. The van der Waals surface area contributed by atoms with Crippen molar-refractivity contribution < 1.29 is 36.2 Å². The zero-order valence-electron chi connectivity index (χ0n) is 24.5. The number of alkyl halides is 6. The van der Waals surface area contributed by atoms with Crippen molar-refractivity contribution in [1.29, 1.82) is 0 Å². The summed E-state index contributed by atoms with van der Waals surface area (Å²) in [6.45, 7) is 2.56. The van der Waals surface area contributed by atoms with Gasteiger partial charge in [0.25, 0.3) is 5.91 Å². The van der Waals surface area contributed by atoms with E-state index in [2.05, 4.69) is 25.5 Å². The highest BCUT2D eigenvalue weighted by molar-refractivity contribution is 6.30. The maximum absolute atomic E-state index is 14.0. The van der Waals surface area contributed by atoms with Crippen molar-refractivity contribution in [1.82, 2.24) is 44.3 Å².